The van der Waals surface area contributed by atoms with E-state index < -0.39 is 17.9 Å². The topological polar surface area (TPSA) is 106 Å². The number of ether oxygens (including phenoxy) is 1. The van der Waals surface area contributed by atoms with E-state index in [1.54, 1.807) is 13.0 Å². The van der Waals surface area contributed by atoms with Gasteiger partial charge in [-0.05, 0) is 49.4 Å². The van der Waals surface area contributed by atoms with Gasteiger partial charge in [0.25, 0.3) is 5.91 Å². The Hall–Kier alpha value is -3.26. The van der Waals surface area contributed by atoms with E-state index in [9.17, 15) is 19.5 Å². The van der Waals surface area contributed by atoms with Crippen molar-refractivity contribution >= 4 is 34.6 Å². The maximum Gasteiger partial charge on any atom is 0.339 e. The van der Waals surface area contributed by atoms with E-state index in [0.29, 0.717) is 22.6 Å². The molecule has 8 heteroatoms. The van der Waals surface area contributed by atoms with Crippen molar-refractivity contribution in [2.24, 2.45) is 0 Å². The van der Waals surface area contributed by atoms with E-state index in [4.69, 9.17) is 9.15 Å². The number of benzene rings is 2. The molecule has 1 aromatic heterocycles. The summed E-state index contributed by atoms with van der Waals surface area (Å²) in [7, 11) is 0. The number of aliphatic carboxylic acids is 1. The number of carbonyl (C=O) groups is 2. The second-order valence-corrected chi connectivity index (χ2v) is 9.04. The number of rotatable bonds is 9. The lowest BCUT2D eigenvalue weighted by Crippen LogP contribution is -2.44. The standard InChI is InChI=1S/C25H25NO6S/c1-15-21(11-10-18-17-8-5-9-19(17)25(30)32-23(15)18)31-12-22(27)26-20(24(28)29)14-33-13-16-6-3-2-4-7-16/h2-4,6-7,10-11,20H,5,8-9,12-14H2,1H3,(H,26,27)(H,28,29). The van der Waals surface area contributed by atoms with Crippen molar-refractivity contribution in [2.45, 2.75) is 38.0 Å². The summed E-state index contributed by atoms with van der Waals surface area (Å²) >= 11 is 1.44. The fourth-order valence-electron chi connectivity index (χ4n) is 4.04. The average molecular weight is 468 g/mol. The number of amides is 1. The molecule has 1 atom stereocenters. The minimum atomic E-state index is -1.10. The van der Waals surface area contributed by atoms with Crippen molar-refractivity contribution < 1.29 is 23.8 Å². The normalized spacial score (nSPS) is 13.5. The van der Waals surface area contributed by atoms with Gasteiger partial charge in [0.15, 0.2) is 6.61 Å². The molecule has 1 amide bonds. The minimum absolute atomic E-state index is 0.237. The molecule has 1 aliphatic carbocycles. The molecule has 0 saturated heterocycles. The van der Waals surface area contributed by atoms with Crippen molar-refractivity contribution in [3.8, 4) is 5.75 Å². The zero-order valence-electron chi connectivity index (χ0n) is 18.3. The number of carboxylic acid groups (broad SMARTS) is 1. The van der Waals surface area contributed by atoms with E-state index in [1.807, 2.05) is 36.4 Å². The van der Waals surface area contributed by atoms with Gasteiger partial charge in [0.1, 0.15) is 17.4 Å². The third kappa shape index (κ3) is 5.22. The van der Waals surface area contributed by atoms with Crippen molar-refractivity contribution in [2.75, 3.05) is 12.4 Å². The zero-order chi connectivity index (χ0) is 23.4. The van der Waals surface area contributed by atoms with Crippen molar-refractivity contribution in [1.29, 1.82) is 0 Å². The fraction of sp³-hybridized carbons (Fsp3) is 0.320. The number of hydrogen-bond acceptors (Lipinski definition) is 6. The quantitative estimate of drug-likeness (QED) is 0.464. The third-order valence-electron chi connectivity index (χ3n) is 5.73. The van der Waals surface area contributed by atoms with Gasteiger partial charge in [0.05, 0.1) is 0 Å². The Morgan fingerprint density at radius 1 is 1.15 bits per heavy atom. The molecule has 0 aliphatic heterocycles. The van der Waals surface area contributed by atoms with E-state index >= 15 is 0 Å². The van der Waals surface area contributed by atoms with Crippen LogP contribution in [-0.4, -0.2) is 35.4 Å². The number of carboxylic acids is 1. The van der Waals surface area contributed by atoms with Gasteiger partial charge in [-0.3, -0.25) is 4.79 Å². The van der Waals surface area contributed by atoms with E-state index in [0.717, 1.165) is 41.3 Å². The molecule has 4 rings (SSSR count). The van der Waals surface area contributed by atoms with E-state index in [2.05, 4.69) is 5.32 Å². The van der Waals surface area contributed by atoms with Gasteiger partial charge in [-0.2, -0.15) is 11.8 Å². The molecule has 1 aliphatic rings. The Bertz CT molecular complexity index is 1240. The highest BCUT2D eigenvalue weighted by Gasteiger charge is 2.23. The van der Waals surface area contributed by atoms with Crippen molar-refractivity contribution in [3.05, 3.63) is 75.1 Å². The first-order valence-electron chi connectivity index (χ1n) is 10.8. The molecule has 7 nitrogen and oxygen atoms in total. The summed E-state index contributed by atoms with van der Waals surface area (Å²) in [6, 6.07) is 12.3. The van der Waals surface area contributed by atoms with Gasteiger partial charge >= 0.3 is 11.6 Å². The molecule has 3 aromatic rings. The number of carbonyl (C=O) groups excluding carboxylic acids is 1. The summed E-state index contributed by atoms with van der Waals surface area (Å²) in [5.74, 6) is -0.313. The second kappa shape index (κ2) is 10.1. The Morgan fingerprint density at radius 3 is 2.67 bits per heavy atom. The molecule has 0 bridgehead atoms. The second-order valence-electron chi connectivity index (χ2n) is 8.01. The molecule has 2 N–H and O–H groups in total. The summed E-state index contributed by atoms with van der Waals surface area (Å²) in [5.41, 5.74) is 3.67. The molecule has 0 radical (unpaired) electrons. The molecule has 1 heterocycles. The molecule has 2 aromatic carbocycles. The predicted molar refractivity (Wildman–Crippen MR) is 127 cm³/mol. The molecule has 33 heavy (non-hydrogen) atoms. The minimum Gasteiger partial charge on any atom is -0.483 e. The van der Waals surface area contributed by atoms with Crippen LogP contribution in [-0.2, 0) is 28.2 Å². The molecular formula is C25H25NO6S. The van der Waals surface area contributed by atoms with Crippen LogP contribution in [0.5, 0.6) is 5.75 Å². The maximum atomic E-state index is 12.4. The van der Waals surface area contributed by atoms with Crippen LogP contribution in [0, 0.1) is 6.92 Å². The Morgan fingerprint density at radius 2 is 1.91 bits per heavy atom. The highest BCUT2D eigenvalue weighted by atomic mass is 32.2. The van der Waals surface area contributed by atoms with Gasteiger partial charge in [-0.1, -0.05) is 30.3 Å². The van der Waals surface area contributed by atoms with Crippen LogP contribution in [0.15, 0.2) is 51.7 Å². The molecule has 172 valence electrons. The summed E-state index contributed by atoms with van der Waals surface area (Å²) in [6.45, 7) is 1.44. The average Bonchev–Trinajstić information content (AvgIpc) is 3.30. The molecule has 0 fully saturated rings. The first kappa shape index (κ1) is 22.9. The summed E-state index contributed by atoms with van der Waals surface area (Å²) in [5, 5.41) is 12.9. The molecule has 0 spiro atoms. The Kier molecular flexibility index (Phi) is 7.03. The summed E-state index contributed by atoms with van der Waals surface area (Å²) < 4.78 is 11.2. The van der Waals surface area contributed by atoms with Crippen LogP contribution in [0.4, 0.5) is 0 Å². The van der Waals surface area contributed by atoms with Crippen LogP contribution in [0.2, 0.25) is 0 Å². The van der Waals surface area contributed by atoms with Gasteiger partial charge in [-0.25, -0.2) is 9.59 Å². The molecule has 0 saturated carbocycles. The van der Waals surface area contributed by atoms with E-state index in [1.165, 1.54) is 11.8 Å². The third-order valence-corrected chi connectivity index (χ3v) is 6.83. The fourth-order valence-corrected chi connectivity index (χ4v) is 5.05. The van der Waals surface area contributed by atoms with Gasteiger partial charge < -0.3 is 19.6 Å². The smallest absolute Gasteiger partial charge is 0.339 e. The van der Waals surface area contributed by atoms with Gasteiger partial charge in [0.2, 0.25) is 0 Å². The Labute approximate surface area is 195 Å². The molecule has 1 unspecified atom stereocenters. The Balaban J connectivity index is 1.37. The first-order chi connectivity index (χ1) is 15.9. The number of aryl methyl sites for hydroxylation is 2. The largest absolute Gasteiger partial charge is 0.483 e. The lowest BCUT2D eigenvalue weighted by atomic mass is 10.0. The monoisotopic (exact) mass is 467 g/mol. The highest BCUT2D eigenvalue weighted by Crippen LogP contribution is 2.33. The number of fused-ring (bicyclic) bond motifs is 3. The summed E-state index contributed by atoms with van der Waals surface area (Å²) in [4.78, 5) is 36.2. The molecular weight excluding hydrogens is 442 g/mol. The summed E-state index contributed by atoms with van der Waals surface area (Å²) in [6.07, 6.45) is 2.52. The van der Waals surface area contributed by atoms with Crippen LogP contribution < -0.4 is 15.7 Å². The first-order valence-corrected chi connectivity index (χ1v) is 11.9. The van der Waals surface area contributed by atoms with Crippen LogP contribution >= 0.6 is 11.8 Å². The number of thioether (sulfide) groups is 1. The number of nitrogens with one attached hydrogen (secondary N) is 1. The predicted octanol–water partition coefficient (Wildman–Crippen LogP) is 3.47. The van der Waals surface area contributed by atoms with Crippen LogP contribution in [0.1, 0.15) is 28.7 Å². The lowest BCUT2D eigenvalue weighted by molar-refractivity contribution is -0.141. The highest BCUT2D eigenvalue weighted by molar-refractivity contribution is 7.98. The van der Waals surface area contributed by atoms with Gasteiger partial charge in [-0.15, -0.1) is 0 Å². The van der Waals surface area contributed by atoms with Crippen LogP contribution in [0.25, 0.3) is 11.0 Å². The van der Waals surface area contributed by atoms with Crippen molar-refractivity contribution in [1.82, 2.24) is 5.32 Å². The zero-order valence-corrected chi connectivity index (χ0v) is 19.1. The lowest BCUT2D eigenvalue weighted by Gasteiger charge is -2.16. The van der Waals surface area contributed by atoms with Gasteiger partial charge in [0, 0.05) is 28.0 Å². The van der Waals surface area contributed by atoms with Crippen LogP contribution in [0.3, 0.4) is 0 Å². The maximum absolute atomic E-state index is 12.4. The SMILES string of the molecule is Cc1c(OCC(=O)NC(CSCc2ccccc2)C(=O)O)ccc2c3c(c(=O)oc12)CCC3. The van der Waals surface area contributed by atoms with Crippen molar-refractivity contribution in [3.63, 3.8) is 0 Å². The number of hydrogen-bond donors (Lipinski definition) is 2. The van der Waals surface area contributed by atoms with E-state index in [-0.39, 0.29) is 18.0 Å².